The number of β-lactam (4-membered cyclic amide) rings is 1. The minimum Gasteiger partial charge on any atom is -0.459 e. The summed E-state index contributed by atoms with van der Waals surface area (Å²) in [6.45, 7) is 1.76. The van der Waals surface area contributed by atoms with E-state index in [4.69, 9.17) is 4.74 Å². The number of ether oxygens (including phenoxy) is 1. The molecule has 3 rings (SSSR count). The summed E-state index contributed by atoms with van der Waals surface area (Å²) in [5.41, 5.74) is -1.25. The van der Waals surface area contributed by atoms with E-state index in [9.17, 15) is 23.1 Å². The first kappa shape index (κ1) is 18.3. The largest absolute Gasteiger partial charge is 0.459 e. The number of aliphatic hydroxyl groups excluding tert-OH is 1. The number of sulfone groups is 1. The molecular formula is C16H18BrNO6S. The second kappa shape index (κ2) is 5.78. The molecule has 9 heteroatoms. The van der Waals surface area contributed by atoms with Crippen LogP contribution in [0.25, 0.3) is 0 Å². The van der Waals surface area contributed by atoms with E-state index in [0.29, 0.717) is 5.56 Å². The Hall–Kier alpha value is -1.45. The molecule has 2 fully saturated rings. The molecule has 2 saturated heterocycles. The average molecular weight is 432 g/mol. The molecule has 2 aliphatic rings. The lowest BCUT2D eigenvalue weighted by molar-refractivity contribution is -0.176. The summed E-state index contributed by atoms with van der Waals surface area (Å²) in [5.74, 6) is -1.48. The van der Waals surface area contributed by atoms with Gasteiger partial charge in [0.1, 0.15) is 16.2 Å². The van der Waals surface area contributed by atoms with Crippen LogP contribution in [0.5, 0.6) is 0 Å². The number of benzene rings is 1. The quantitative estimate of drug-likeness (QED) is 0.425. The van der Waals surface area contributed by atoms with E-state index in [1.165, 1.54) is 13.8 Å². The maximum absolute atomic E-state index is 12.9. The number of carbonyl (C=O) groups is 2. The van der Waals surface area contributed by atoms with Gasteiger partial charge in [0.15, 0.2) is 20.8 Å². The van der Waals surface area contributed by atoms with Gasteiger partial charge in [0.2, 0.25) is 5.91 Å². The van der Waals surface area contributed by atoms with Crippen molar-refractivity contribution in [2.24, 2.45) is 0 Å². The van der Waals surface area contributed by atoms with Crippen LogP contribution in [-0.2, 0) is 30.8 Å². The minimum atomic E-state index is -3.90. The van der Waals surface area contributed by atoms with Crippen LogP contribution in [0, 0.1) is 0 Å². The molecule has 0 aromatic heterocycles. The zero-order valence-electron chi connectivity index (χ0n) is 13.7. The highest BCUT2D eigenvalue weighted by Gasteiger charge is 2.79. The molecule has 0 radical (unpaired) electrons. The number of halogens is 1. The van der Waals surface area contributed by atoms with Gasteiger partial charge in [-0.05, 0) is 19.4 Å². The third kappa shape index (κ3) is 2.15. The highest BCUT2D eigenvalue weighted by molar-refractivity contribution is 9.10. The van der Waals surface area contributed by atoms with E-state index >= 15 is 0 Å². The van der Waals surface area contributed by atoms with Gasteiger partial charge < -0.3 is 14.7 Å². The van der Waals surface area contributed by atoms with E-state index in [1.807, 2.05) is 6.07 Å². The number of hydrogen-bond donors (Lipinski definition) is 1. The smallest absolute Gasteiger partial charge is 0.336 e. The van der Waals surface area contributed by atoms with E-state index < -0.39 is 48.8 Å². The van der Waals surface area contributed by atoms with Gasteiger partial charge >= 0.3 is 5.97 Å². The second-order valence-electron chi connectivity index (χ2n) is 6.64. The molecule has 2 aliphatic heterocycles. The lowest BCUT2D eigenvalue weighted by Crippen LogP contribution is -2.72. The molecular weight excluding hydrogens is 414 g/mol. The van der Waals surface area contributed by atoms with Crippen LogP contribution in [-0.4, -0.2) is 57.4 Å². The average Bonchev–Trinajstić information content (AvgIpc) is 2.72. The van der Waals surface area contributed by atoms with Crippen molar-refractivity contribution < 1.29 is 27.9 Å². The number of carbonyl (C=O) groups excluding carboxylic acids is 2. The van der Waals surface area contributed by atoms with Crippen molar-refractivity contribution in [1.82, 2.24) is 4.90 Å². The molecule has 0 unspecified atom stereocenters. The van der Waals surface area contributed by atoms with Crippen LogP contribution >= 0.6 is 15.9 Å². The first-order valence-corrected chi connectivity index (χ1v) is 10.1. The number of nitrogens with zero attached hydrogens (tertiary/aromatic N) is 1. The predicted molar refractivity (Wildman–Crippen MR) is 92.4 cm³/mol. The molecule has 7 nitrogen and oxygen atoms in total. The summed E-state index contributed by atoms with van der Waals surface area (Å²) >= 11 is 3.06. The Balaban J connectivity index is 1.98. The fourth-order valence-electron chi connectivity index (χ4n) is 3.48. The Bertz CT molecular complexity index is 824. The Morgan fingerprint density at radius 1 is 1.32 bits per heavy atom. The fraction of sp³-hybridized carbons (Fsp3) is 0.500. The minimum absolute atomic E-state index is 0.0814. The number of rotatable bonds is 4. The maximum atomic E-state index is 12.9. The van der Waals surface area contributed by atoms with Crippen molar-refractivity contribution in [1.29, 1.82) is 0 Å². The Labute approximate surface area is 154 Å². The van der Waals surface area contributed by atoms with E-state index in [0.717, 1.165) is 4.90 Å². The van der Waals surface area contributed by atoms with E-state index in [-0.39, 0.29) is 6.61 Å². The van der Waals surface area contributed by atoms with Gasteiger partial charge in [0.25, 0.3) is 0 Å². The predicted octanol–water partition coefficient (Wildman–Crippen LogP) is 0.600. The molecule has 1 aromatic carbocycles. The molecule has 136 valence electrons. The first-order valence-electron chi connectivity index (χ1n) is 7.65. The zero-order valence-corrected chi connectivity index (χ0v) is 16.1. The lowest BCUT2D eigenvalue weighted by Gasteiger charge is -2.47. The maximum Gasteiger partial charge on any atom is 0.336 e. The van der Waals surface area contributed by atoms with Gasteiger partial charge in [0, 0.05) is 0 Å². The van der Waals surface area contributed by atoms with Crippen LogP contribution in [0.1, 0.15) is 19.4 Å². The van der Waals surface area contributed by atoms with Crippen LogP contribution in [0.3, 0.4) is 0 Å². The van der Waals surface area contributed by atoms with Gasteiger partial charge in [0.05, 0.1) is 6.61 Å². The number of alkyl halides is 1. The van der Waals surface area contributed by atoms with Crippen molar-refractivity contribution >= 4 is 37.6 Å². The summed E-state index contributed by atoms with van der Waals surface area (Å²) in [4.78, 5) is 25.2. The van der Waals surface area contributed by atoms with Crippen molar-refractivity contribution in [2.45, 2.75) is 40.9 Å². The Morgan fingerprint density at radius 2 is 1.92 bits per heavy atom. The van der Waals surface area contributed by atoms with Crippen molar-refractivity contribution in [3.05, 3.63) is 35.9 Å². The van der Waals surface area contributed by atoms with Gasteiger partial charge in [-0.2, -0.15) is 0 Å². The molecule has 0 bridgehead atoms. The van der Waals surface area contributed by atoms with Crippen LogP contribution < -0.4 is 0 Å². The normalized spacial score (nSPS) is 32.0. The summed E-state index contributed by atoms with van der Waals surface area (Å²) in [6.07, 6.45) is 0. The summed E-state index contributed by atoms with van der Waals surface area (Å²) < 4.78 is 29.3. The van der Waals surface area contributed by atoms with Gasteiger partial charge in [-0.3, -0.25) is 4.79 Å². The number of fused-ring (bicyclic) bond motifs is 1. The molecule has 25 heavy (non-hydrogen) atoms. The summed E-state index contributed by atoms with van der Waals surface area (Å²) in [7, 11) is -3.90. The standard InChI is InChI=1S/C16H18BrNO6S/c1-15(2)16(9-19,14(21)24-8-10-6-4-3-5-7-10)18-12(20)11(17)13(18)25(15,22)23/h3-7,11,13,19H,8-9H2,1-2H3/t11-,13-,16+/m1/s1. The monoisotopic (exact) mass is 431 g/mol. The molecule has 3 atom stereocenters. The van der Waals surface area contributed by atoms with Crippen molar-refractivity contribution in [3.63, 3.8) is 0 Å². The van der Waals surface area contributed by atoms with E-state index in [1.54, 1.807) is 24.3 Å². The fourth-order valence-corrected chi connectivity index (χ4v) is 7.10. The van der Waals surface area contributed by atoms with Gasteiger partial charge in [-0.1, -0.05) is 46.3 Å². The third-order valence-corrected chi connectivity index (χ3v) is 9.32. The molecule has 0 saturated carbocycles. The Kier molecular flexibility index (Phi) is 4.24. The SMILES string of the molecule is CC1(C)[C@](CO)(C(=O)OCc2ccccc2)N2C(=O)[C@@H](Br)[C@H]2S1(=O)=O. The number of aliphatic hydroxyl groups is 1. The van der Waals surface area contributed by atoms with E-state index in [2.05, 4.69) is 15.9 Å². The molecule has 2 heterocycles. The number of amides is 1. The zero-order chi connectivity index (χ0) is 18.6. The number of hydrogen-bond acceptors (Lipinski definition) is 6. The molecule has 0 aliphatic carbocycles. The highest BCUT2D eigenvalue weighted by Crippen LogP contribution is 2.54. The summed E-state index contributed by atoms with van der Waals surface area (Å²) in [6, 6.07) is 8.87. The third-order valence-electron chi connectivity index (χ3n) is 5.19. The van der Waals surface area contributed by atoms with Crippen LogP contribution in [0.15, 0.2) is 30.3 Å². The lowest BCUT2D eigenvalue weighted by atomic mass is 9.82. The number of esters is 1. The second-order valence-corrected chi connectivity index (χ2v) is 10.2. The highest BCUT2D eigenvalue weighted by atomic mass is 79.9. The van der Waals surface area contributed by atoms with Crippen LogP contribution in [0.2, 0.25) is 0 Å². The molecule has 1 aromatic rings. The molecule has 1 amide bonds. The van der Waals surface area contributed by atoms with Crippen molar-refractivity contribution in [3.8, 4) is 0 Å². The molecule has 0 spiro atoms. The summed E-state index contributed by atoms with van der Waals surface area (Å²) in [5, 5.41) is 8.82. The van der Waals surface area contributed by atoms with Crippen molar-refractivity contribution in [2.75, 3.05) is 6.61 Å². The first-order chi connectivity index (χ1) is 11.6. The van der Waals surface area contributed by atoms with Gasteiger partial charge in [-0.15, -0.1) is 0 Å². The van der Waals surface area contributed by atoms with Gasteiger partial charge in [-0.25, -0.2) is 13.2 Å². The van der Waals surface area contributed by atoms with Crippen LogP contribution in [0.4, 0.5) is 0 Å². The topological polar surface area (TPSA) is 101 Å². The Morgan fingerprint density at radius 3 is 2.48 bits per heavy atom. The molecule has 1 N–H and O–H groups in total.